The van der Waals surface area contributed by atoms with Gasteiger partial charge in [0.15, 0.2) is 11.5 Å². The molecule has 9 nitrogen and oxygen atoms in total. The van der Waals surface area contributed by atoms with E-state index in [1.54, 1.807) is 6.07 Å². The van der Waals surface area contributed by atoms with Crippen LogP contribution >= 0.6 is 0 Å². The lowest BCUT2D eigenvalue weighted by atomic mass is 10.2. The molecule has 1 atom stereocenters. The summed E-state index contributed by atoms with van der Waals surface area (Å²) in [6, 6.07) is 11.7. The predicted molar refractivity (Wildman–Crippen MR) is 122 cm³/mol. The van der Waals surface area contributed by atoms with Crippen LogP contribution in [-0.2, 0) is 21.4 Å². The first-order valence-corrected chi connectivity index (χ1v) is 12.5. The van der Waals surface area contributed by atoms with Crippen LogP contribution in [0.25, 0.3) is 11.0 Å². The second kappa shape index (κ2) is 8.68. The molecule has 0 radical (unpaired) electrons. The third kappa shape index (κ3) is 4.04. The average Bonchev–Trinajstić information content (AvgIpc) is 3.44. The van der Waals surface area contributed by atoms with Crippen LogP contribution < -0.4 is 14.8 Å². The Hall–Kier alpha value is -3.11. The van der Waals surface area contributed by atoms with E-state index >= 15 is 0 Å². The second-order valence-corrected chi connectivity index (χ2v) is 10.1. The summed E-state index contributed by atoms with van der Waals surface area (Å²) in [7, 11) is -3.85. The Kier molecular flexibility index (Phi) is 5.71. The lowest BCUT2D eigenvalue weighted by Gasteiger charge is -2.25. The molecule has 1 aromatic heterocycles. The first kappa shape index (κ1) is 21.7. The third-order valence-corrected chi connectivity index (χ3v) is 8.01. The molecule has 1 amide bonds. The molecule has 174 valence electrons. The van der Waals surface area contributed by atoms with Crippen LogP contribution in [0.15, 0.2) is 47.4 Å². The number of carbonyl (C=O) groups excluding carboxylic acids is 1. The van der Waals surface area contributed by atoms with E-state index in [0.29, 0.717) is 57.2 Å². The van der Waals surface area contributed by atoms with Crippen LogP contribution in [0.3, 0.4) is 0 Å². The minimum Gasteiger partial charge on any atom is -0.486 e. The van der Waals surface area contributed by atoms with E-state index in [0.717, 1.165) is 16.9 Å². The predicted octanol–water partition coefficient (Wildman–Crippen LogP) is 2.09. The molecular formula is C23H26N4O5S. The van der Waals surface area contributed by atoms with E-state index in [4.69, 9.17) is 9.47 Å². The van der Waals surface area contributed by atoms with Crippen LogP contribution in [0.4, 0.5) is 0 Å². The average molecular weight is 471 g/mol. The Bertz CT molecular complexity index is 1300. The van der Waals surface area contributed by atoms with E-state index in [2.05, 4.69) is 10.3 Å². The van der Waals surface area contributed by atoms with Gasteiger partial charge < -0.3 is 19.4 Å². The van der Waals surface area contributed by atoms with E-state index in [1.165, 1.54) is 16.4 Å². The molecule has 0 spiro atoms. The molecule has 2 aliphatic heterocycles. The number of imidazole rings is 1. The number of ether oxygens (including phenoxy) is 2. The normalized spacial score (nSPS) is 18.5. The minimum absolute atomic E-state index is 0.104. The van der Waals surface area contributed by atoms with Crippen molar-refractivity contribution in [1.82, 2.24) is 19.2 Å². The highest BCUT2D eigenvalue weighted by Gasteiger charge is 2.39. The summed E-state index contributed by atoms with van der Waals surface area (Å²) in [6.45, 7) is 3.98. The monoisotopic (exact) mass is 470 g/mol. The molecule has 5 rings (SSSR count). The highest BCUT2D eigenvalue weighted by Crippen LogP contribution is 2.34. The number of rotatable bonds is 6. The van der Waals surface area contributed by atoms with E-state index in [-0.39, 0.29) is 10.8 Å². The van der Waals surface area contributed by atoms with Gasteiger partial charge in [-0.1, -0.05) is 12.1 Å². The van der Waals surface area contributed by atoms with Crippen molar-refractivity contribution in [3.63, 3.8) is 0 Å². The molecule has 0 bridgehead atoms. The molecule has 3 heterocycles. The number of hydrogen-bond donors (Lipinski definition) is 1. The van der Waals surface area contributed by atoms with E-state index in [9.17, 15) is 13.2 Å². The van der Waals surface area contributed by atoms with Crippen molar-refractivity contribution in [3.05, 3.63) is 48.3 Å². The molecule has 0 aliphatic carbocycles. The van der Waals surface area contributed by atoms with Crippen LogP contribution in [0, 0.1) is 6.92 Å². The van der Waals surface area contributed by atoms with Gasteiger partial charge in [0.25, 0.3) is 0 Å². The zero-order valence-electron chi connectivity index (χ0n) is 18.4. The topological polar surface area (TPSA) is 103 Å². The molecule has 3 aromatic rings. The van der Waals surface area contributed by atoms with Gasteiger partial charge in [0.2, 0.25) is 15.9 Å². The van der Waals surface area contributed by atoms with Crippen molar-refractivity contribution in [3.8, 4) is 11.5 Å². The maximum atomic E-state index is 13.3. The first-order valence-electron chi connectivity index (χ1n) is 11.1. The zero-order chi connectivity index (χ0) is 23.0. The van der Waals surface area contributed by atoms with Gasteiger partial charge in [-0.05, 0) is 44.0 Å². The largest absolute Gasteiger partial charge is 0.486 e. The molecule has 10 heteroatoms. The highest BCUT2D eigenvalue weighted by molar-refractivity contribution is 7.89. The summed E-state index contributed by atoms with van der Waals surface area (Å²) in [5.74, 6) is 1.52. The number of fused-ring (bicyclic) bond motifs is 2. The zero-order valence-corrected chi connectivity index (χ0v) is 19.2. The molecule has 1 saturated heterocycles. The summed E-state index contributed by atoms with van der Waals surface area (Å²) in [6.07, 6.45) is 1.12. The van der Waals surface area contributed by atoms with Crippen molar-refractivity contribution in [1.29, 1.82) is 0 Å². The van der Waals surface area contributed by atoms with Crippen molar-refractivity contribution in [2.45, 2.75) is 37.2 Å². The number of sulfonamides is 1. The van der Waals surface area contributed by atoms with Gasteiger partial charge in [0.1, 0.15) is 25.1 Å². The Morgan fingerprint density at radius 2 is 1.94 bits per heavy atom. The quantitative estimate of drug-likeness (QED) is 0.592. The van der Waals surface area contributed by atoms with Gasteiger partial charge in [-0.3, -0.25) is 4.79 Å². The van der Waals surface area contributed by atoms with Crippen molar-refractivity contribution < 1.29 is 22.7 Å². The molecule has 1 unspecified atom stereocenters. The maximum Gasteiger partial charge on any atom is 0.243 e. The number of amides is 1. The fraction of sp³-hybridized carbons (Fsp3) is 0.391. The summed E-state index contributed by atoms with van der Waals surface area (Å²) in [4.78, 5) is 17.6. The Morgan fingerprint density at radius 3 is 2.79 bits per heavy atom. The summed E-state index contributed by atoms with van der Waals surface area (Å²) in [5, 5.41) is 2.92. The summed E-state index contributed by atoms with van der Waals surface area (Å²) in [5.41, 5.74) is 1.92. The first-order chi connectivity index (χ1) is 15.9. The number of nitrogens with zero attached hydrogens (tertiary/aromatic N) is 3. The van der Waals surface area contributed by atoms with Crippen molar-refractivity contribution in [2.75, 3.05) is 26.3 Å². The number of carbonyl (C=O) groups is 1. The number of para-hydroxylation sites is 2. The molecule has 1 fully saturated rings. The van der Waals surface area contributed by atoms with Gasteiger partial charge >= 0.3 is 0 Å². The van der Waals surface area contributed by atoms with Crippen LogP contribution in [-0.4, -0.2) is 60.5 Å². The van der Waals surface area contributed by atoms with E-state index < -0.39 is 16.1 Å². The van der Waals surface area contributed by atoms with Gasteiger partial charge in [-0.2, -0.15) is 4.31 Å². The van der Waals surface area contributed by atoms with Crippen molar-refractivity contribution in [2.24, 2.45) is 0 Å². The number of aryl methyl sites for hydroxylation is 1. The fourth-order valence-electron chi connectivity index (χ4n) is 4.50. The lowest BCUT2D eigenvalue weighted by Crippen LogP contribution is -2.46. The van der Waals surface area contributed by atoms with E-state index in [1.807, 2.05) is 35.8 Å². The number of nitrogens with one attached hydrogen (secondary N) is 1. The number of benzene rings is 2. The second-order valence-electron chi connectivity index (χ2n) is 8.17. The highest BCUT2D eigenvalue weighted by atomic mass is 32.2. The van der Waals surface area contributed by atoms with Gasteiger partial charge in [-0.25, -0.2) is 13.4 Å². The fourth-order valence-corrected chi connectivity index (χ4v) is 6.17. The SMILES string of the molecule is Cc1nc2ccccc2n1CCNC(=O)C1CCCN1S(=O)(=O)c1ccc2c(c1)OCCO2. The Labute approximate surface area is 192 Å². The van der Waals surface area contributed by atoms with Gasteiger partial charge in [0, 0.05) is 25.7 Å². The smallest absolute Gasteiger partial charge is 0.243 e. The number of hydrogen-bond acceptors (Lipinski definition) is 6. The molecule has 2 aromatic carbocycles. The van der Waals surface area contributed by atoms with Crippen LogP contribution in [0.5, 0.6) is 11.5 Å². The minimum atomic E-state index is -3.85. The maximum absolute atomic E-state index is 13.3. The molecule has 0 saturated carbocycles. The van der Waals surface area contributed by atoms with Gasteiger partial charge in [0.05, 0.1) is 15.9 Å². The van der Waals surface area contributed by atoms with Crippen molar-refractivity contribution >= 4 is 27.0 Å². The van der Waals surface area contributed by atoms with Gasteiger partial charge in [-0.15, -0.1) is 0 Å². The third-order valence-electron chi connectivity index (χ3n) is 6.11. The molecule has 1 N–H and O–H groups in total. The molecule has 2 aliphatic rings. The standard InChI is InChI=1S/C23H26N4O5S/c1-16-25-18-5-2-3-6-19(18)26(16)12-10-24-23(28)20-7-4-11-27(20)33(29,30)17-8-9-21-22(15-17)32-14-13-31-21/h2-3,5-6,8-9,15,20H,4,7,10-14H2,1H3,(H,24,28). The Balaban J connectivity index is 1.28. The summed E-state index contributed by atoms with van der Waals surface area (Å²) >= 11 is 0. The molecular weight excluding hydrogens is 444 g/mol. The molecule has 33 heavy (non-hydrogen) atoms. The lowest BCUT2D eigenvalue weighted by molar-refractivity contribution is -0.124. The Morgan fingerprint density at radius 1 is 1.15 bits per heavy atom. The van der Waals surface area contributed by atoms with Crippen LogP contribution in [0.2, 0.25) is 0 Å². The number of aromatic nitrogens is 2. The van der Waals surface area contributed by atoms with Crippen LogP contribution in [0.1, 0.15) is 18.7 Å². The summed E-state index contributed by atoms with van der Waals surface area (Å²) < 4.78 is 41.0.